The molecule has 1 amide bonds. The van der Waals surface area contributed by atoms with Gasteiger partial charge >= 0.3 is 5.97 Å². The number of anilines is 1. The van der Waals surface area contributed by atoms with Gasteiger partial charge in [0, 0.05) is 0 Å². The van der Waals surface area contributed by atoms with Crippen molar-refractivity contribution < 1.29 is 46.1 Å². The van der Waals surface area contributed by atoms with E-state index < -0.39 is 53.3 Å². The van der Waals surface area contributed by atoms with Crippen LogP contribution in [0.2, 0.25) is 0 Å². The molecule has 1 N–H and O–H groups in total. The summed E-state index contributed by atoms with van der Waals surface area (Å²) >= 11 is 0. The molecule has 1 heterocycles. The van der Waals surface area contributed by atoms with Gasteiger partial charge in [-0.2, -0.15) is 10.1 Å². The molecule has 2 aromatic rings. The fraction of sp³-hybridized carbons (Fsp3) is 0.190. The molecule has 0 saturated carbocycles. The van der Waals surface area contributed by atoms with Crippen LogP contribution in [0.1, 0.15) is 19.4 Å². The molecular formula is C21H15F5N2O5. The van der Waals surface area contributed by atoms with E-state index in [-0.39, 0.29) is 34.4 Å². The van der Waals surface area contributed by atoms with Crippen molar-refractivity contribution in [3.05, 3.63) is 58.4 Å². The topological polar surface area (TPSA) is 88.4 Å². The number of nitrogens with zero attached hydrogens (tertiary/aromatic N) is 2. The Morgan fingerprint density at radius 1 is 1.03 bits per heavy atom. The number of hydrogen-bond donors (Lipinski definition) is 1. The monoisotopic (exact) mass is 470 g/mol. The van der Waals surface area contributed by atoms with E-state index in [4.69, 9.17) is 14.6 Å². The average molecular weight is 470 g/mol. The van der Waals surface area contributed by atoms with Crippen LogP contribution in [0.25, 0.3) is 6.08 Å². The number of benzene rings is 2. The smallest absolute Gasteiger partial charge is 0.341 e. The van der Waals surface area contributed by atoms with Gasteiger partial charge in [0.2, 0.25) is 5.82 Å². The van der Waals surface area contributed by atoms with Gasteiger partial charge in [-0.05, 0) is 37.6 Å². The van der Waals surface area contributed by atoms with Gasteiger partial charge in [-0.15, -0.1) is 0 Å². The summed E-state index contributed by atoms with van der Waals surface area (Å²) in [5.41, 5.74) is -1.39. The zero-order valence-corrected chi connectivity index (χ0v) is 17.1. The van der Waals surface area contributed by atoms with Gasteiger partial charge in [0.1, 0.15) is 5.69 Å². The van der Waals surface area contributed by atoms with Crippen LogP contribution in [0.15, 0.2) is 28.9 Å². The molecule has 0 spiro atoms. The minimum atomic E-state index is -2.36. The van der Waals surface area contributed by atoms with Gasteiger partial charge in [0.15, 0.2) is 41.4 Å². The first-order chi connectivity index (χ1) is 15.6. The number of carboxylic acid groups (broad SMARTS) is 1. The van der Waals surface area contributed by atoms with Crippen molar-refractivity contribution in [2.24, 2.45) is 5.10 Å². The molecule has 0 aromatic heterocycles. The lowest BCUT2D eigenvalue weighted by molar-refractivity contribution is -0.139. The summed E-state index contributed by atoms with van der Waals surface area (Å²) in [4.78, 5) is 23.5. The van der Waals surface area contributed by atoms with E-state index in [9.17, 15) is 31.5 Å². The largest absolute Gasteiger partial charge is 0.490 e. The summed E-state index contributed by atoms with van der Waals surface area (Å²) in [6.45, 7) is 2.56. The number of ether oxygens (including phenoxy) is 2. The minimum absolute atomic E-state index is 0.0481. The lowest BCUT2D eigenvalue weighted by atomic mass is 10.1. The Kier molecular flexibility index (Phi) is 6.65. The molecule has 12 heteroatoms. The Balaban J connectivity index is 1.99. The summed E-state index contributed by atoms with van der Waals surface area (Å²) in [7, 11) is 0. The Morgan fingerprint density at radius 3 is 2.21 bits per heavy atom. The zero-order valence-electron chi connectivity index (χ0n) is 17.1. The third-order valence-electron chi connectivity index (χ3n) is 4.39. The number of carbonyl (C=O) groups is 2. The van der Waals surface area contributed by atoms with E-state index in [2.05, 4.69) is 5.10 Å². The van der Waals surface area contributed by atoms with Crippen LogP contribution < -0.4 is 14.5 Å². The number of aliphatic carboxylic acids is 1. The summed E-state index contributed by atoms with van der Waals surface area (Å²) in [6.07, 6.45) is 1.26. The molecule has 33 heavy (non-hydrogen) atoms. The second-order valence-electron chi connectivity index (χ2n) is 6.60. The SMILES string of the molecule is CCOc1cc(/C=C2/C(=O)N(c3c(F)c(F)c(F)c(F)c3F)N=C2C)ccc1OCC(=O)O. The van der Waals surface area contributed by atoms with Crippen molar-refractivity contribution in [3.8, 4) is 11.5 Å². The number of rotatable bonds is 7. The van der Waals surface area contributed by atoms with E-state index in [0.29, 0.717) is 5.56 Å². The predicted molar refractivity (Wildman–Crippen MR) is 106 cm³/mol. The predicted octanol–water partition coefficient (Wildman–Crippen LogP) is 4.05. The fourth-order valence-electron chi connectivity index (χ4n) is 2.92. The molecule has 3 rings (SSSR count). The van der Waals surface area contributed by atoms with Crippen LogP contribution >= 0.6 is 0 Å². The van der Waals surface area contributed by atoms with Gasteiger partial charge in [0.05, 0.1) is 17.9 Å². The molecule has 0 bridgehead atoms. The average Bonchev–Trinajstić information content (AvgIpc) is 3.04. The summed E-state index contributed by atoms with van der Waals surface area (Å²) in [6, 6.07) is 4.23. The van der Waals surface area contributed by atoms with Crippen molar-refractivity contribution >= 4 is 29.4 Å². The number of halogens is 5. The molecule has 2 aromatic carbocycles. The molecule has 1 aliphatic heterocycles. The van der Waals surface area contributed by atoms with Gasteiger partial charge < -0.3 is 14.6 Å². The number of carboxylic acids is 1. The van der Waals surface area contributed by atoms with Crippen molar-refractivity contribution in [1.82, 2.24) is 0 Å². The molecule has 7 nitrogen and oxygen atoms in total. The molecule has 0 atom stereocenters. The highest BCUT2D eigenvalue weighted by Crippen LogP contribution is 2.35. The van der Waals surface area contributed by atoms with Crippen LogP contribution in [0.3, 0.4) is 0 Å². The van der Waals surface area contributed by atoms with Gasteiger partial charge in [-0.3, -0.25) is 4.79 Å². The molecule has 0 unspecified atom stereocenters. The van der Waals surface area contributed by atoms with Crippen molar-refractivity contribution in [2.75, 3.05) is 18.2 Å². The van der Waals surface area contributed by atoms with Crippen molar-refractivity contribution in [1.29, 1.82) is 0 Å². The summed E-state index contributed by atoms with van der Waals surface area (Å²) < 4.78 is 79.3. The third kappa shape index (κ3) is 4.49. The first kappa shape index (κ1) is 23.7. The summed E-state index contributed by atoms with van der Waals surface area (Å²) in [5.74, 6) is -13.2. The molecule has 0 saturated heterocycles. The number of carbonyl (C=O) groups excluding carboxylic acids is 1. The van der Waals surface area contributed by atoms with Crippen LogP contribution in [-0.2, 0) is 9.59 Å². The second kappa shape index (κ2) is 9.27. The summed E-state index contributed by atoms with van der Waals surface area (Å²) in [5, 5.41) is 12.5. The quantitative estimate of drug-likeness (QED) is 0.286. The van der Waals surface area contributed by atoms with E-state index >= 15 is 0 Å². The second-order valence-corrected chi connectivity index (χ2v) is 6.60. The van der Waals surface area contributed by atoms with Gasteiger partial charge in [-0.25, -0.2) is 26.7 Å². The van der Waals surface area contributed by atoms with Crippen LogP contribution in [0.4, 0.5) is 27.6 Å². The highest BCUT2D eigenvalue weighted by Gasteiger charge is 2.37. The minimum Gasteiger partial charge on any atom is -0.490 e. The maximum atomic E-state index is 14.1. The van der Waals surface area contributed by atoms with Crippen LogP contribution in [0.5, 0.6) is 11.5 Å². The number of hydrogen-bond acceptors (Lipinski definition) is 5. The molecule has 1 aliphatic rings. The number of amides is 1. The molecule has 174 valence electrons. The number of hydrazone groups is 1. The first-order valence-electron chi connectivity index (χ1n) is 9.31. The van der Waals surface area contributed by atoms with Crippen LogP contribution in [-0.4, -0.2) is 35.9 Å². The first-order valence-corrected chi connectivity index (χ1v) is 9.31. The lowest BCUT2D eigenvalue weighted by Gasteiger charge is -2.15. The molecule has 0 fully saturated rings. The van der Waals surface area contributed by atoms with Crippen molar-refractivity contribution in [3.63, 3.8) is 0 Å². The van der Waals surface area contributed by atoms with Crippen molar-refractivity contribution in [2.45, 2.75) is 13.8 Å². The maximum absolute atomic E-state index is 14.1. The Hall–Kier alpha value is -3.96. The highest BCUT2D eigenvalue weighted by atomic mass is 19.2. The maximum Gasteiger partial charge on any atom is 0.341 e. The highest BCUT2D eigenvalue weighted by molar-refractivity contribution is 6.32. The van der Waals surface area contributed by atoms with E-state index in [1.807, 2.05) is 0 Å². The molecule has 0 aliphatic carbocycles. The van der Waals surface area contributed by atoms with Gasteiger partial charge in [0.25, 0.3) is 5.91 Å². The van der Waals surface area contributed by atoms with E-state index in [1.165, 1.54) is 31.2 Å². The fourth-order valence-corrected chi connectivity index (χ4v) is 2.92. The lowest BCUT2D eigenvalue weighted by Crippen LogP contribution is -2.25. The Morgan fingerprint density at radius 2 is 1.64 bits per heavy atom. The van der Waals surface area contributed by atoms with E-state index in [0.717, 1.165) is 0 Å². The Bertz CT molecular complexity index is 1180. The van der Waals surface area contributed by atoms with Gasteiger partial charge in [-0.1, -0.05) is 6.07 Å². The Labute approximate surface area is 183 Å². The third-order valence-corrected chi connectivity index (χ3v) is 4.39. The zero-order chi connectivity index (χ0) is 24.4. The standard InChI is InChI=1S/C21H15F5N2O5/c1-3-32-13-7-10(4-5-12(13)33-8-14(29)30)6-11-9(2)27-28(21(11)31)20-18(25)16(23)15(22)17(24)19(20)26/h4-7H,3,8H2,1-2H3,(H,29,30)/b11-6+. The van der Waals surface area contributed by atoms with Crippen LogP contribution in [0, 0.1) is 29.1 Å². The van der Waals surface area contributed by atoms with E-state index in [1.54, 1.807) is 6.92 Å². The molecule has 0 radical (unpaired) electrons. The molecular weight excluding hydrogens is 455 g/mol. The normalized spacial score (nSPS) is 14.6.